The van der Waals surface area contributed by atoms with Crippen LogP contribution in [0, 0.1) is 11.3 Å². The third-order valence-electron chi connectivity index (χ3n) is 6.19. The minimum absolute atomic E-state index is 0.110. The van der Waals surface area contributed by atoms with Crippen molar-refractivity contribution < 1.29 is 0 Å². The zero-order valence-electron chi connectivity index (χ0n) is 18.8. The van der Waals surface area contributed by atoms with Crippen molar-refractivity contribution >= 4 is 21.9 Å². The summed E-state index contributed by atoms with van der Waals surface area (Å²) in [6, 6.07) is 20.0. The van der Waals surface area contributed by atoms with Crippen molar-refractivity contribution in [2.75, 3.05) is 0 Å². The van der Waals surface area contributed by atoms with Crippen LogP contribution in [-0.4, -0.2) is 19.1 Å². The van der Waals surface area contributed by atoms with Crippen molar-refractivity contribution in [3.05, 3.63) is 89.2 Å². The molecule has 5 aromatic rings. The van der Waals surface area contributed by atoms with Gasteiger partial charge in [0.15, 0.2) is 0 Å². The molecule has 6 nitrogen and oxygen atoms in total. The Labute approximate surface area is 191 Å². The van der Waals surface area contributed by atoms with E-state index in [2.05, 4.69) is 22.1 Å². The molecule has 33 heavy (non-hydrogen) atoms. The molecule has 0 aliphatic heterocycles. The van der Waals surface area contributed by atoms with Crippen LogP contribution in [0.3, 0.4) is 0 Å². The molecule has 5 rings (SSSR count). The molecule has 0 fully saturated rings. The standard InChI is InChI=1S/C27H23N5O/c1-4-31-24-16-30-23-12-7-18(19-6-5-13-29-15-19)14-22(23)25(24)32(26(31)33)21-10-8-20(9-11-21)27(2,3)17-28/h5-16H,4H2,1-3H3. The Bertz CT molecular complexity index is 1590. The van der Waals surface area contributed by atoms with Crippen LogP contribution in [0.4, 0.5) is 0 Å². The van der Waals surface area contributed by atoms with Crippen molar-refractivity contribution in [1.29, 1.82) is 5.26 Å². The first-order valence-corrected chi connectivity index (χ1v) is 10.9. The fourth-order valence-electron chi connectivity index (χ4n) is 4.27. The van der Waals surface area contributed by atoms with Gasteiger partial charge in [0.05, 0.1) is 39.9 Å². The summed E-state index contributed by atoms with van der Waals surface area (Å²) in [5, 5.41) is 10.4. The van der Waals surface area contributed by atoms with Crippen molar-refractivity contribution in [2.45, 2.75) is 32.7 Å². The third-order valence-corrected chi connectivity index (χ3v) is 6.19. The molecule has 0 saturated carbocycles. The summed E-state index contributed by atoms with van der Waals surface area (Å²) in [4.78, 5) is 22.4. The van der Waals surface area contributed by atoms with Crippen LogP contribution in [0.25, 0.3) is 38.8 Å². The number of rotatable bonds is 4. The van der Waals surface area contributed by atoms with E-state index < -0.39 is 5.41 Å². The SMILES string of the molecule is CCn1c(=O)n(-c2ccc(C(C)(C)C#N)cc2)c2c3cc(-c4cccnc4)ccc3ncc21. The monoisotopic (exact) mass is 433 g/mol. The predicted octanol–water partition coefficient (Wildman–Crippen LogP) is 5.22. The number of hydrogen-bond acceptors (Lipinski definition) is 4. The molecule has 0 aliphatic rings. The van der Waals surface area contributed by atoms with Crippen LogP contribution in [-0.2, 0) is 12.0 Å². The van der Waals surface area contributed by atoms with Crippen molar-refractivity contribution in [3.63, 3.8) is 0 Å². The summed E-state index contributed by atoms with van der Waals surface area (Å²) >= 11 is 0. The average Bonchev–Trinajstić information content (AvgIpc) is 3.15. The zero-order valence-corrected chi connectivity index (χ0v) is 18.8. The lowest BCUT2D eigenvalue weighted by molar-refractivity contribution is 0.686. The summed E-state index contributed by atoms with van der Waals surface area (Å²) in [5.41, 5.74) is 5.41. The van der Waals surface area contributed by atoms with E-state index in [0.717, 1.165) is 44.3 Å². The van der Waals surface area contributed by atoms with E-state index >= 15 is 0 Å². The Balaban J connectivity index is 1.81. The van der Waals surface area contributed by atoms with Gasteiger partial charge < -0.3 is 0 Å². The van der Waals surface area contributed by atoms with Gasteiger partial charge in [0.25, 0.3) is 0 Å². The maximum Gasteiger partial charge on any atom is 0.333 e. The number of hydrogen-bond donors (Lipinski definition) is 0. The molecule has 0 unspecified atom stereocenters. The van der Waals surface area contributed by atoms with Crippen molar-refractivity contribution in [1.82, 2.24) is 19.1 Å². The fourth-order valence-corrected chi connectivity index (χ4v) is 4.27. The summed E-state index contributed by atoms with van der Waals surface area (Å²) in [6.07, 6.45) is 5.35. The lowest BCUT2D eigenvalue weighted by Gasteiger charge is -2.16. The molecule has 0 atom stereocenters. The van der Waals surface area contributed by atoms with Gasteiger partial charge in [0, 0.05) is 29.9 Å². The van der Waals surface area contributed by atoms with E-state index in [4.69, 9.17) is 0 Å². The number of pyridine rings is 2. The molecule has 0 radical (unpaired) electrons. The normalized spacial score (nSPS) is 11.7. The largest absolute Gasteiger partial charge is 0.333 e. The van der Waals surface area contributed by atoms with Crippen LogP contribution in [0.5, 0.6) is 0 Å². The highest BCUT2D eigenvalue weighted by Gasteiger charge is 2.21. The Morgan fingerprint density at radius 1 is 1.03 bits per heavy atom. The predicted molar refractivity (Wildman–Crippen MR) is 130 cm³/mol. The Hall–Kier alpha value is -4.24. The lowest BCUT2D eigenvalue weighted by atomic mass is 9.86. The highest BCUT2D eigenvalue weighted by Crippen LogP contribution is 2.30. The zero-order chi connectivity index (χ0) is 23.2. The second kappa shape index (κ2) is 7.72. The second-order valence-corrected chi connectivity index (χ2v) is 8.61. The number of fused-ring (bicyclic) bond motifs is 3. The van der Waals surface area contributed by atoms with Gasteiger partial charge in [0.2, 0.25) is 0 Å². The Kier molecular flexibility index (Phi) is 4.83. The first kappa shape index (κ1) is 20.7. The van der Waals surface area contributed by atoms with Crippen LogP contribution in [0.15, 0.2) is 78.0 Å². The minimum Gasteiger partial charge on any atom is -0.290 e. The molecule has 0 aliphatic carbocycles. The Morgan fingerprint density at radius 3 is 2.48 bits per heavy atom. The molecule has 0 amide bonds. The van der Waals surface area contributed by atoms with Crippen LogP contribution < -0.4 is 5.69 Å². The molecule has 0 saturated heterocycles. The molecular formula is C27H23N5O. The van der Waals surface area contributed by atoms with E-state index in [1.807, 2.05) is 75.5 Å². The van der Waals surface area contributed by atoms with Gasteiger partial charge in [-0.1, -0.05) is 24.3 Å². The highest BCUT2D eigenvalue weighted by molar-refractivity contribution is 6.04. The summed E-state index contributed by atoms with van der Waals surface area (Å²) in [6.45, 7) is 6.27. The molecule has 162 valence electrons. The maximum absolute atomic E-state index is 13.5. The number of nitriles is 1. The Morgan fingerprint density at radius 2 is 1.82 bits per heavy atom. The molecule has 0 bridgehead atoms. The molecule has 2 aromatic carbocycles. The van der Waals surface area contributed by atoms with Gasteiger partial charge in [-0.2, -0.15) is 5.26 Å². The first-order chi connectivity index (χ1) is 15.9. The van der Waals surface area contributed by atoms with Crippen LogP contribution in [0.1, 0.15) is 26.3 Å². The number of imidazole rings is 1. The highest BCUT2D eigenvalue weighted by atomic mass is 16.1. The van der Waals surface area contributed by atoms with E-state index in [-0.39, 0.29) is 5.69 Å². The lowest BCUT2D eigenvalue weighted by Crippen LogP contribution is -2.22. The topological polar surface area (TPSA) is 76.5 Å². The van der Waals surface area contributed by atoms with Gasteiger partial charge in [0.1, 0.15) is 0 Å². The fraction of sp³-hybridized carbons (Fsp3) is 0.185. The number of aromatic nitrogens is 4. The molecule has 6 heteroatoms. The second-order valence-electron chi connectivity index (χ2n) is 8.61. The van der Waals surface area contributed by atoms with E-state index in [0.29, 0.717) is 6.54 Å². The van der Waals surface area contributed by atoms with Crippen molar-refractivity contribution in [2.24, 2.45) is 0 Å². The van der Waals surface area contributed by atoms with Gasteiger partial charge in [-0.15, -0.1) is 0 Å². The van der Waals surface area contributed by atoms with E-state index in [1.54, 1.807) is 21.5 Å². The molecule has 0 N–H and O–H groups in total. The first-order valence-electron chi connectivity index (χ1n) is 10.9. The number of benzene rings is 2. The molecule has 3 heterocycles. The quantitative estimate of drug-likeness (QED) is 0.389. The molecular weight excluding hydrogens is 410 g/mol. The smallest absolute Gasteiger partial charge is 0.290 e. The molecule has 3 aromatic heterocycles. The minimum atomic E-state index is -0.601. The maximum atomic E-state index is 13.5. The summed E-state index contributed by atoms with van der Waals surface area (Å²) < 4.78 is 3.49. The van der Waals surface area contributed by atoms with E-state index in [9.17, 15) is 10.1 Å². The van der Waals surface area contributed by atoms with Gasteiger partial charge in [-0.05, 0) is 62.2 Å². The van der Waals surface area contributed by atoms with Gasteiger partial charge in [-0.25, -0.2) is 4.79 Å². The number of nitrogens with zero attached hydrogens (tertiary/aromatic N) is 5. The van der Waals surface area contributed by atoms with Crippen LogP contribution in [0.2, 0.25) is 0 Å². The van der Waals surface area contributed by atoms with Gasteiger partial charge in [-0.3, -0.25) is 19.1 Å². The molecule has 0 spiro atoms. The summed E-state index contributed by atoms with van der Waals surface area (Å²) in [5.74, 6) is 0. The van der Waals surface area contributed by atoms with E-state index in [1.165, 1.54) is 0 Å². The third kappa shape index (κ3) is 3.30. The average molecular weight is 434 g/mol. The van der Waals surface area contributed by atoms with Crippen LogP contribution >= 0.6 is 0 Å². The van der Waals surface area contributed by atoms with Gasteiger partial charge >= 0.3 is 5.69 Å². The number of aryl methyl sites for hydroxylation is 1. The van der Waals surface area contributed by atoms with Crippen molar-refractivity contribution in [3.8, 4) is 22.9 Å². The summed E-state index contributed by atoms with van der Waals surface area (Å²) in [7, 11) is 0.